The van der Waals surface area contributed by atoms with Crippen LogP contribution in [0.25, 0.3) is 0 Å². The van der Waals surface area contributed by atoms with Gasteiger partial charge in [-0.2, -0.15) is 10.2 Å². The largest absolute Gasteiger partial charge is 0.485 e. The Labute approximate surface area is 134 Å². The van der Waals surface area contributed by atoms with Gasteiger partial charge in [0.15, 0.2) is 5.75 Å². The van der Waals surface area contributed by atoms with Gasteiger partial charge < -0.3 is 10.1 Å². The first-order valence-corrected chi connectivity index (χ1v) is 8.20. The smallest absolute Gasteiger partial charge is 0.255 e. The molecule has 7 nitrogen and oxygen atoms in total. The van der Waals surface area contributed by atoms with Crippen LogP contribution in [0.1, 0.15) is 54.1 Å². The van der Waals surface area contributed by atoms with E-state index >= 15 is 0 Å². The maximum atomic E-state index is 12.6. The number of hydrogen-bond donors (Lipinski definition) is 2. The molecular formula is C16H21N5O2. The van der Waals surface area contributed by atoms with Crippen LogP contribution < -0.4 is 10.1 Å². The predicted octanol–water partition coefficient (Wildman–Crippen LogP) is 1.75. The third-order valence-corrected chi connectivity index (χ3v) is 4.64. The van der Waals surface area contributed by atoms with Gasteiger partial charge in [-0.25, -0.2) is 0 Å². The van der Waals surface area contributed by atoms with Crippen LogP contribution in [-0.4, -0.2) is 38.0 Å². The number of nitrogens with zero attached hydrogens (tertiary/aromatic N) is 3. The lowest BCUT2D eigenvalue weighted by Crippen LogP contribution is -2.42. The van der Waals surface area contributed by atoms with E-state index in [0.717, 1.165) is 43.5 Å². The van der Waals surface area contributed by atoms with Crippen LogP contribution in [0.3, 0.4) is 0 Å². The summed E-state index contributed by atoms with van der Waals surface area (Å²) in [5, 5.41) is 14.3. The summed E-state index contributed by atoms with van der Waals surface area (Å²) < 4.78 is 7.71. The first-order valence-electron chi connectivity index (χ1n) is 8.20. The summed E-state index contributed by atoms with van der Waals surface area (Å²) in [5.74, 6) is 1.18. The Morgan fingerprint density at radius 2 is 2.22 bits per heavy atom. The fraction of sp³-hybridized carbons (Fsp3) is 0.562. The Morgan fingerprint density at radius 1 is 1.35 bits per heavy atom. The van der Waals surface area contributed by atoms with Crippen LogP contribution >= 0.6 is 0 Å². The van der Waals surface area contributed by atoms with Gasteiger partial charge >= 0.3 is 0 Å². The summed E-state index contributed by atoms with van der Waals surface area (Å²) in [7, 11) is 1.86. The minimum atomic E-state index is -0.0488. The highest BCUT2D eigenvalue weighted by atomic mass is 16.5. The molecular weight excluding hydrogens is 294 g/mol. The van der Waals surface area contributed by atoms with Crippen molar-refractivity contribution in [3.8, 4) is 5.75 Å². The van der Waals surface area contributed by atoms with Gasteiger partial charge in [-0.05, 0) is 32.1 Å². The zero-order chi connectivity index (χ0) is 15.8. The fourth-order valence-corrected chi connectivity index (χ4v) is 3.27. The Morgan fingerprint density at radius 3 is 2.96 bits per heavy atom. The van der Waals surface area contributed by atoms with Crippen molar-refractivity contribution in [3.63, 3.8) is 0 Å². The SMILES string of the molecule is Cn1cc(O[C@@H]2CCC[C@@H]2NC(=O)c2cn[nH]c2C2CC2)cn1. The van der Waals surface area contributed by atoms with E-state index in [1.54, 1.807) is 17.1 Å². The molecule has 2 aliphatic carbocycles. The van der Waals surface area contributed by atoms with Gasteiger partial charge in [0.2, 0.25) is 0 Å². The summed E-state index contributed by atoms with van der Waals surface area (Å²) in [6, 6.07) is 0.0321. The molecule has 0 aliphatic heterocycles. The maximum Gasteiger partial charge on any atom is 0.255 e. The Balaban J connectivity index is 1.42. The molecule has 4 rings (SSSR count). The van der Waals surface area contributed by atoms with E-state index in [-0.39, 0.29) is 18.1 Å². The van der Waals surface area contributed by atoms with Gasteiger partial charge in [0.1, 0.15) is 6.10 Å². The monoisotopic (exact) mass is 315 g/mol. The van der Waals surface area contributed by atoms with Gasteiger partial charge in [-0.3, -0.25) is 14.6 Å². The molecule has 2 aromatic heterocycles. The lowest BCUT2D eigenvalue weighted by atomic mass is 10.1. The van der Waals surface area contributed by atoms with Gasteiger partial charge in [0.25, 0.3) is 5.91 Å². The molecule has 0 bridgehead atoms. The highest BCUT2D eigenvalue weighted by Crippen LogP contribution is 2.40. The lowest BCUT2D eigenvalue weighted by molar-refractivity contribution is 0.0893. The van der Waals surface area contributed by atoms with E-state index in [4.69, 9.17) is 4.74 Å². The summed E-state index contributed by atoms with van der Waals surface area (Å²) >= 11 is 0. The van der Waals surface area contributed by atoms with Crippen LogP contribution in [0, 0.1) is 0 Å². The molecule has 0 radical (unpaired) electrons. The fourth-order valence-electron chi connectivity index (χ4n) is 3.27. The van der Waals surface area contributed by atoms with E-state index in [1.165, 1.54) is 0 Å². The molecule has 0 aromatic carbocycles. The molecule has 0 spiro atoms. The summed E-state index contributed by atoms with van der Waals surface area (Å²) in [6.45, 7) is 0. The van der Waals surface area contributed by atoms with Crippen LogP contribution in [0.5, 0.6) is 5.75 Å². The standard InChI is InChI=1S/C16H21N5O2/c1-21-9-11(7-18-21)23-14-4-2-3-13(14)19-16(22)12-8-17-20-15(12)10-5-6-10/h7-10,13-14H,2-6H2,1H3,(H,17,20)(H,19,22)/t13-,14+/m0/s1. The molecule has 1 amide bonds. The van der Waals surface area contributed by atoms with Gasteiger partial charge in [-0.1, -0.05) is 0 Å². The molecule has 2 saturated carbocycles. The number of carbonyl (C=O) groups is 1. The van der Waals surface area contributed by atoms with Crippen LogP contribution in [-0.2, 0) is 7.05 Å². The summed E-state index contributed by atoms with van der Waals surface area (Å²) in [5.41, 5.74) is 1.66. The molecule has 23 heavy (non-hydrogen) atoms. The van der Waals surface area contributed by atoms with Crippen molar-refractivity contribution in [2.45, 2.75) is 50.2 Å². The number of amides is 1. The normalized spacial score (nSPS) is 23.9. The quantitative estimate of drug-likeness (QED) is 0.880. The van der Waals surface area contributed by atoms with Crippen LogP contribution in [0.4, 0.5) is 0 Å². The third kappa shape index (κ3) is 2.95. The third-order valence-electron chi connectivity index (χ3n) is 4.64. The minimum absolute atomic E-state index is 0.000531. The number of ether oxygens (including phenoxy) is 1. The van der Waals surface area contributed by atoms with Crippen molar-refractivity contribution in [2.24, 2.45) is 7.05 Å². The molecule has 2 fully saturated rings. The number of aromatic nitrogens is 4. The van der Waals surface area contributed by atoms with Crippen molar-refractivity contribution in [3.05, 3.63) is 29.8 Å². The number of aromatic amines is 1. The number of nitrogens with one attached hydrogen (secondary N) is 2. The average molecular weight is 315 g/mol. The molecule has 2 heterocycles. The predicted molar refractivity (Wildman–Crippen MR) is 83.3 cm³/mol. The van der Waals surface area contributed by atoms with Crippen molar-refractivity contribution in [1.82, 2.24) is 25.3 Å². The summed E-state index contributed by atoms with van der Waals surface area (Å²) in [6.07, 6.45) is 10.4. The van der Waals surface area contributed by atoms with Gasteiger partial charge in [0.05, 0.1) is 35.9 Å². The highest BCUT2D eigenvalue weighted by Gasteiger charge is 2.34. The average Bonchev–Trinajstić information content (AvgIpc) is 2.93. The molecule has 122 valence electrons. The van der Waals surface area contributed by atoms with Crippen molar-refractivity contribution in [2.75, 3.05) is 0 Å². The first-order chi connectivity index (χ1) is 11.2. The Hall–Kier alpha value is -2.31. The van der Waals surface area contributed by atoms with Crippen molar-refractivity contribution in [1.29, 1.82) is 0 Å². The first kappa shape index (κ1) is 14.3. The molecule has 2 aromatic rings. The molecule has 2 atom stereocenters. The second-order valence-corrected chi connectivity index (χ2v) is 6.49. The zero-order valence-electron chi connectivity index (χ0n) is 13.2. The van der Waals surface area contributed by atoms with E-state index in [9.17, 15) is 4.79 Å². The second-order valence-electron chi connectivity index (χ2n) is 6.49. The van der Waals surface area contributed by atoms with Gasteiger partial charge in [0, 0.05) is 13.0 Å². The minimum Gasteiger partial charge on any atom is -0.485 e. The number of carbonyl (C=O) groups excluding carboxylic acids is 1. The van der Waals surface area contributed by atoms with Crippen molar-refractivity contribution < 1.29 is 9.53 Å². The topological polar surface area (TPSA) is 84.8 Å². The number of H-pyrrole nitrogens is 1. The number of aryl methyl sites for hydroxylation is 1. The van der Waals surface area contributed by atoms with Gasteiger partial charge in [-0.15, -0.1) is 0 Å². The molecule has 0 saturated heterocycles. The lowest BCUT2D eigenvalue weighted by Gasteiger charge is -2.21. The second kappa shape index (κ2) is 5.72. The molecule has 2 N–H and O–H groups in total. The van der Waals surface area contributed by atoms with Crippen molar-refractivity contribution >= 4 is 5.91 Å². The Bertz CT molecular complexity index is 703. The molecule has 2 aliphatic rings. The molecule has 0 unspecified atom stereocenters. The van der Waals surface area contributed by atoms with E-state index in [0.29, 0.717) is 11.5 Å². The van der Waals surface area contributed by atoms with E-state index in [2.05, 4.69) is 20.6 Å². The number of hydrogen-bond acceptors (Lipinski definition) is 4. The maximum absolute atomic E-state index is 12.6. The highest BCUT2D eigenvalue weighted by molar-refractivity contribution is 5.95. The molecule has 7 heteroatoms. The Kier molecular flexibility index (Phi) is 3.55. The zero-order valence-corrected chi connectivity index (χ0v) is 13.2. The number of rotatable bonds is 5. The summed E-state index contributed by atoms with van der Waals surface area (Å²) in [4.78, 5) is 12.6. The van der Waals surface area contributed by atoms with E-state index in [1.807, 2.05) is 13.2 Å². The van der Waals surface area contributed by atoms with Crippen LogP contribution in [0.2, 0.25) is 0 Å². The van der Waals surface area contributed by atoms with E-state index < -0.39 is 0 Å². The van der Waals surface area contributed by atoms with Crippen LogP contribution in [0.15, 0.2) is 18.6 Å².